The molecular weight excluding hydrogens is 931 g/mol. The fraction of sp³-hybridized carbons (Fsp3) is 0.321. The summed E-state index contributed by atoms with van der Waals surface area (Å²) in [6.45, 7) is 16.2. The summed E-state index contributed by atoms with van der Waals surface area (Å²) < 4.78 is 19.8. The van der Waals surface area contributed by atoms with Gasteiger partial charge in [0, 0.05) is 104 Å². The van der Waals surface area contributed by atoms with E-state index in [1.54, 1.807) is 50.7 Å². The van der Waals surface area contributed by atoms with E-state index >= 15 is 0 Å². The minimum atomic E-state index is -0.208. The molecule has 0 amide bonds. The Morgan fingerprint density at radius 3 is 1.61 bits per heavy atom. The fourth-order valence-electron chi connectivity index (χ4n) is 9.18. The number of aromatic amines is 2. The number of hydrogen-bond acceptors (Lipinski definition) is 10. The molecule has 3 N–H and O–H groups in total. The molecule has 2 unspecified atom stereocenters. The monoisotopic (exact) mass is 993 g/mol. The van der Waals surface area contributed by atoms with Gasteiger partial charge in [0.1, 0.15) is 17.2 Å². The molecule has 6 heterocycles. The molecule has 375 valence electrons. The van der Waals surface area contributed by atoms with Crippen molar-refractivity contribution in [3.8, 4) is 28.4 Å². The number of benzene rings is 2. The van der Waals surface area contributed by atoms with E-state index in [1.807, 2.05) is 69.4 Å². The molecule has 6 aromatic heterocycles. The van der Waals surface area contributed by atoms with Crippen molar-refractivity contribution in [2.45, 2.75) is 106 Å². The van der Waals surface area contributed by atoms with Crippen LogP contribution in [0.15, 0.2) is 107 Å². The first kappa shape index (κ1) is 54.1. The van der Waals surface area contributed by atoms with Crippen LogP contribution >= 0.6 is 11.6 Å². The van der Waals surface area contributed by atoms with Crippen LogP contribution in [0.2, 0.25) is 5.02 Å². The number of carbonyl (C=O) groups excluding carboxylic acids is 2. The molecule has 0 saturated heterocycles. The fourth-order valence-corrected chi connectivity index (χ4v) is 9.35. The zero-order chi connectivity index (χ0) is 52.2. The predicted molar refractivity (Wildman–Crippen MR) is 286 cm³/mol. The highest BCUT2D eigenvalue weighted by Gasteiger charge is 2.25. The Bertz CT molecular complexity index is 3290. The summed E-state index contributed by atoms with van der Waals surface area (Å²) in [6.07, 6.45) is 9.74. The lowest BCUT2D eigenvalue weighted by Gasteiger charge is -2.16. The van der Waals surface area contributed by atoms with Crippen LogP contribution < -0.4 is 25.2 Å². The SMILES string of the molecule is CCC(C)n1c(C)c(C(=O)CCc2c(OC)cc(C)[nH]c2=O)c2ccc(-c3cccnc3)cc21.CCC(C)n1c(C)c(C(=O)CCc2c(OC)cc(C)[nH]c2=O)c2ccc(Cl)cc21.O[B]Oc1cccnc1. The van der Waals surface area contributed by atoms with Crippen LogP contribution in [0.5, 0.6) is 17.2 Å². The molecule has 8 rings (SSSR count). The van der Waals surface area contributed by atoms with Gasteiger partial charge >= 0.3 is 7.69 Å². The Kier molecular flexibility index (Phi) is 18.6. The average Bonchev–Trinajstić information content (AvgIpc) is 3.84. The smallest absolute Gasteiger partial charge is 0.536 e. The van der Waals surface area contributed by atoms with Crippen molar-refractivity contribution in [3.63, 3.8) is 0 Å². The number of nitrogens with one attached hydrogen (secondary N) is 2. The molecular formula is C56H63BClN6O8. The quantitative estimate of drug-likeness (QED) is 0.0586. The van der Waals surface area contributed by atoms with Crippen LogP contribution in [0, 0.1) is 27.7 Å². The first-order valence-corrected chi connectivity index (χ1v) is 24.4. The van der Waals surface area contributed by atoms with Crippen LogP contribution in [0.25, 0.3) is 32.9 Å². The number of rotatable bonds is 17. The molecule has 1 radical (unpaired) electrons. The molecule has 2 atom stereocenters. The predicted octanol–water partition coefficient (Wildman–Crippen LogP) is 11.2. The molecule has 0 bridgehead atoms. The molecule has 72 heavy (non-hydrogen) atoms. The van der Waals surface area contributed by atoms with E-state index in [1.165, 1.54) is 13.3 Å². The summed E-state index contributed by atoms with van der Waals surface area (Å²) in [5.41, 5.74) is 9.51. The summed E-state index contributed by atoms with van der Waals surface area (Å²) in [5.74, 6) is 1.61. The molecule has 0 aliphatic heterocycles. The number of fused-ring (bicyclic) bond motifs is 2. The summed E-state index contributed by atoms with van der Waals surface area (Å²) in [5, 5.41) is 10.6. The second-order valence-corrected chi connectivity index (χ2v) is 18.2. The minimum Gasteiger partial charge on any atom is -0.536 e. The van der Waals surface area contributed by atoms with Crippen LogP contribution in [0.3, 0.4) is 0 Å². The number of methoxy groups -OCH3 is 2. The summed E-state index contributed by atoms with van der Waals surface area (Å²) in [4.78, 5) is 65.2. The van der Waals surface area contributed by atoms with Gasteiger partial charge in [0.05, 0.1) is 37.1 Å². The number of ether oxygens (including phenoxy) is 2. The Morgan fingerprint density at radius 1 is 0.681 bits per heavy atom. The minimum absolute atomic E-state index is 0.0129. The molecule has 0 spiro atoms. The van der Waals surface area contributed by atoms with Crippen LogP contribution in [-0.4, -0.2) is 67.6 Å². The number of nitrogens with zero attached hydrogens (tertiary/aromatic N) is 4. The number of H-pyrrole nitrogens is 2. The van der Waals surface area contributed by atoms with Gasteiger partial charge < -0.3 is 38.3 Å². The van der Waals surface area contributed by atoms with Crippen molar-refractivity contribution >= 4 is 52.7 Å². The van der Waals surface area contributed by atoms with Gasteiger partial charge in [-0.05, 0) is 121 Å². The summed E-state index contributed by atoms with van der Waals surface area (Å²) >= 11 is 6.23. The number of aromatic nitrogens is 6. The maximum Gasteiger partial charge on any atom is 0.569 e. The number of halogens is 1. The molecule has 0 aliphatic rings. The van der Waals surface area contributed by atoms with Crippen LogP contribution in [0.4, 0.5) is 0 Å². The third kappa shape index (κ3) is 12.3. The topological polar surface area (TPSA) is 183 Å². The second kappa shape index (κ2) is 24.7. The number of hydrogen-bond donors (Lipinski definition) is 3. The first-order chi connectivity index (χ1) is 34.6. The standard InChI is InChI=1S/C28H31N3O3.C23H27ClN2O3.C5H5BNO2/c1-6-18(3)31-19(4)27(22-10-9-20(15-24(22)31)21-8-7-13-29-16-21)25(32)12-11-23-26(34-5)14-17(2)30-28(23)33;1-6-14(3)26-15(4)22(17-8-7-16(24)12-19(17)26)20(27)10-9-18-21(29-5)11-13(2)25-23(18)28;8-6-9-5-2-1-3-7-4-5/h7-10,13-16,18H,6,11-12H2,1-5H3,(H,30,33);7-8,11-12,14H,6,9-10H2,1-5H3,(H,25,28);1-4,8H. The van der Waals surface area contributed by atoms with Crippen molar-refractivity contribution in [2.24, 2.45) is 0 Å². The summed E-state index contributed by atoms with van der Waals surface area (Å²) in [6, 6.07) is 23.3. The van der Waals surface area contributed by atoms with Crippen molar-refractivity contribution in [2.75, 3.05) is 14.2 Å². The van der Waals surface area contributed by atoms with E-state index < -0.39 is 0 Å². The Balaban J connectivity index is 0.000000202. The van der Waals surface area contributed by atoms with Crippen molar-refractivity contribution in [1.29, 1.82) is 0 Å². The zero-order valence-corrected chi connectivity index (χ0v) is 43.4. The number of carbonyl (C=O) groups is 2. The molecule has 0 fully saturated rings. The van der Waals surface area contributed by atoms with Gasteiger partial charge in [0.2, 0.25) is 0 Å². The van der Waals surface area contributed by atoms with E-state index in [0.29, 0.717) is 59.5 Å². The third-order valence-electron chi connectivity index (χ3n) is 13.0. The Morgan fingerprint density at radius 2 is 1.17 bits per heavy atom. The lowest BCUT2D eigenvalue weighted by atomic mass is 9.99. The maximum absolute atomic E-state index is 13.5. The zero-order valence-electron chi connectivity index (χ0n) is 42.7. The molecule has 2 aromatic carbocycles. The van der Waals surface area contributed by atoms with E-state index in [9.17, 15) is 19.2 Å². The lowest BCUT2D eigenvalue weighted by molar-refractivity contribution is 0.0975. The highest BCUT2D eigenvalue weighted by atomic mass is 35.5. The van der Waals surface area contributed by atoms with E-state index in [2.05, 4.69) is 67.5 Å². The Hall–Kier alpha value is -7.23. The van der Waals surface area contributed by atoms with E-state index in [0.717, 1.165) is 74.1 Å². The maximum atomic E-state index is 13.5. The number of ketones is 2. The number of aryl methyl sites for hydroxylation is 2. The highest BCUT2D eigenvalue weighted by Crippen LogP contribution is 2.36. The number of pyridine rings is 4. The third-order valence-corrected chi connectivity index (χ3v) is 13.2. The van der Waals surface area contributed by atoms with Crippen LogP contribution in [-0.2, 0) is 12.8 Å². The van der Waals surface area contributed by atoms with Crippen molar-refractivity contribution in [3.05, 3.63) is 168 Å². The van der Waals surface area contributed by atoms with Gasteiger partial charge in [-0.15, -0.1) is 0 Å². The van der Waals surface area contributed by atoms with Crippen LogP contribution in [0.1, 0.15) is 120 Å². The van der Waals surface area contributed by atoms with Gasteiger partial charge in [0.25, 0.3) is 11.1 Å². The van der Waals surface area contributed by atoms with Gasteiger partial charge in [-0.2, -0.15) is 0 Å². The first-order valence-electron chi connectivity index (χ1n) is 24.0. The van der Waals surface area contributed by atoms with Crippen molar-refractivity contribution in [1.82, 2.24) is 29.1 Å². The molecule has 16 heteroatoms. The average molecular weight is 994 g/mol. The van der Waals surface area contributed by atoms with Gasteiger partial charge in [-0.25, -0.2) is 0 Å². The molecule has 14 nitrogen and oxygen atoms in total. The Labute approximate surface area is 425 Å². The molecule has 0 aliphatic carbocycles. The van der Waals surface area contributed by atoms with Gasteiger partial charge in [-0.1, -0.05) is 49.7 Å². The summed E-state index contributed by atoms with van der Waals surface area (Å²) in [7, 11) is 3.70. The molecule has 8 aromatic rings. The second-order valence-electron chi connectivity index (χ2n) is 17.7. The molecule has 0 saturated carbocycles. The van der Waals surface area contributed by atoms with E-state index in [4.69, 9.17) is 26.1 Å². The normalized spacial score (nSPS) is 11.8. The largest absolute Gasteiger partial charge is 0.569 e. The van der Waals surface area contributed by atoms with Gasteiger partial charge in [-0.3, -0.25) is 29.1 Å². The number of Topliss-reactive ketones (excluding diaryl/α,β-unsaturated/α-hetero) is 2. The van der Waals surface area contributed by atoms with E-state index in [-0.39, 0.29) is 47.6 Å². The van der Waals surface area contributed by atoms with Gasteiger partial charge in [0.15, 0.2) is 11.6 Å². The van der Waals surface area contributed by atoms with Crippen molar-refractivity contribution < 1.29 is 28.7 Å². The lowest BCUT2D eigenvalue weighted by Crippen LogP contribution is -2.17. The highest BCUT2D eigenvalue weighted by molar-refractivity contribution is 6.31.